The summed E-state index contributed by atoms with van der Waals surface area (Å²) in [5, 5.41) is 14.7. The summed E-state index contributed by atoms with van der Waals surface area (Å²) in [6.07, 6.45) is 8.37. The van der Waals surface area contributed by atoms with Crippen LogP contribution in [-0.2, 0) is 9.47 Å². The van der Waals surface area contributed by atoms with E-state index in [4.69, 9.17) is 9.47 Å². The highest BCUT2D eigenvalue weighted by Gasteiger charge is 2.44. The van der Waals surface area contributed by atoms with E-state index in [1.807, 2.05) is 0 Å². The molecule has 0 bridgehead atoms. The number of nitrogens with one attached hydrogen (secondary N) is 4. The Morgan fingerprint density at radius 3 is 2.71 bits per heavy atom. The standard InChI is InChI=1S/C15H28N4O2/c1-2-4-10(5-3-1)18-14-13-11(16-9-17-14)8-12-15(19-13)21-7-6-20-12/h10-19H,1-9H2. The van der Waals surface area contributed by atoms with E-state index in [1.54, 1.807) is 0 Å². The topological polar surface area (TPSA) is 66.6 Å². The lowest BCUT2D eigenvalue weighted by Crippen LogP contribution is -2.76. The molecule has 21 heavy (non-hydrogen) atoms. The summed E-state index contributed by atoms with van der Waals surface area (Å²) in [5.41, 5.74) is 0. The Bertz CT molecular complexity index is 351. The minimum Gasteiger partial charge on any atom is -0.372 e. The van der Waals surface area contributed by atoms with E-state index < -0.39 is 0 Å². The molecule has 5 atom stereocenters. The number of piperidine rings is 1. The molecule has 4 fully saturated rings. The molecule has 4 N–H and O–H groups in total. The number of rotatable bonds is 2. The summed E-state index contributed by atoms with van der Waals surface area (Å²) >= 11 is 0. The second-order valence-corrected chi connectivity index (χ2v) is 6.80. The second-order valence-electron chi connectivity index (χ2n) is 6.80. The molecule has 3 saturated heterocycles. The summed E-state index contributed by atoms with van der Waals surface area (Å²) in [6, 6.07) is 1.48. The fourth-order valence-corrected chi connectivity index (χ4v) is 4.27. The normalized spacial score (nSPS) is 44.9. The molecule has 0 aromatic carbocycles. The first kappa shape index (κ1) is 14.4. The van der Waals surface area contributed by atoms with Crippen LogP contribution in [0.5, 0.6) is 0 Å². The van der Waals surface area contributed by atoms with Crippen molar-refractivity contribution in [1.82, 2.24) is 21.3 Å². The maximum atomic E-state index is 5.85. The van der Waals surface area contributed by atoms with Gasteiger partial charge in [-0.3, -0.25) is 21.3 Å². The highest BCUT2D eigenvalue weighted by atomic mass is 16.6. The quantitative estimate of drug-likeness (QED) is 0.569. The van der Waals surface area contributed by atoms with Gasteiger partial charge < -0.3 is 9.47 Å². The molecule has 4 aliphatic rings. The predicted octanol–water partition coefficient (Wildman–Crippen LogP) is -0.143. The molecule has 3 aliphatic heterocycles. The summed E-state index contributed by atoms with van der Waals surface area (Å²) in [4.78, 5) is 0. The average Bonchev–Trinajstić information content (AvgIpc) is 2.54. The lowest BCUT2D eigenvalue weighted by molar-refractivity contribution is -0.178. The van der Waals surface area contributed by atoms with Gasteiger partial charge in [-0.1, -0.05) is 19.3 Å². The average molecular weight is 296 g/mol. The van der Waals surface area contributed by atoms with Crippen molar-refractivity contribution < 1.29 is 9.47 Å². The minimum absolute atomic E-state index is 0.0531. The van der Waals surface area contributed by atoms with Gasteiger partial charge in [0.25, 0.3) is 0 Å². The van der Waals surface area contributed by atoms with E-state index in [-0.39, 0.29) is 12.3 Å². The van der Waals surface area contributed by atoms with Crippen molar-refractivity contribution in [3.05, 3.63) is 0 Å². The Hall–Kier alpha value is -0.240. The van der Waals surface area contributed by atoms with Crippen molar-refractivity contribution in [1.29, 1.82) is 0 Å². The number of ether oxygens (including phenoxy) is 2. The Balaban J connectivity index is 1.40. The second kappa shape index (κ2) is 6.48. The Kier molecular flexibility index (Phi) is 4.43. The molecule has 1 saturated carbocycles. The zero-order valence-corrected chi connectivity index (χ0v) is 12.6. The largest absolute Gasteiger partial charge is 0.372 e. The molecule has 6 nitrogen and oxygen atoms in total. The van der Waals surface area contributed by atoms with Crippen LogP contribution in [0.15, 0.2) is 0 Å². The molecular formula is C15H28N4O2. The third-order valence-corrected chi connectivity index (χ3v) is 5.39. The molecule has 0 radical (unpaired) electrons. The molecule has 120 valence electrons. The molecule has 1 aliphatic carbocycles. The van der Waals surface area contributed by atoms with Gasteiger partial charge >= 0.3 is 0 Å². The van der Waals surface area contributed by atoms with Crippen molar-refractivity contribution >= 4 is 0 Å². The van der Waals surface area contributed by atoms with E-state index >= 15 is 0 Å². The highest BCUT2D eigenvalue weighted by Crippen LogP contribution is 2.25. The van der Waals surface area contributed by atoms with Crippen LogP contribution in [0, 0.1) is 0 Å². The van der Waals surface area contributed by atoms with Crippen molar-refractivity contribution in [2.75, 3.05) is 19.9 Å². The molecule has 3 heterocycles. The maximum Gasteiger partial charge on any atom is 0.135 e. The Morgan fingerprint density at radius 1 is 0.952 bits per heavy atom. The van der Waals surface area contributed by atoms with Gasteiger partial charge in [0, 0.05) is 18.8 Å². The van der Waals surface area contributed by atoms with Crippen LogP contribution in [0.3, 0.4) is 0 Å². The van der Waals surface area contributed by atoms with Crippen molar-refractivity contribution in [2.24, 2.45) is 0 Å². The van der Waals surface area contributed by atoms with Crippen LogP contribution in [-0.4, -0.2) is 56.5 Å². The zero-order chi connectivity index (χ0) is 14.1. The summed E-state index contributed by atoms with van der Waals surface area (Å²) in [6.45, 7) is 2.29. The molecule has 6 heteroatoms. The van der Waals surface area contributed by atoms with Crippen LogP contribution in [0.4, 0.5) is 0 Å². The lowest BCUT2D eigenvalue weighted by atomic mass is 9.89. The highest BCUT2D eigenvalue weighted by molar-refractivity contribution is 5.02. The SMILES string of the molecule is C1CCC(NC2NCNC3CC4OCCOC4NC32)CC1. The third kappa shape index (κ3) is 3.11. The van der Waals surface area contributed by atoms with Gasteiger partial charge in [0.05, 0.1) is 31.5 Å². The summed E-state index contributed by atoms with van der Waals surface area (Å²) < 4.78 is 11.7. The Labute approximate surface area is 126 Å². The van der Waals surface area contributed by atoms with Crippen molar-refractivity contribution in [2.45, 2.75) is 75.1 Å². The summed E-state index contributed by atoms with van der Waals surface area (Å²) in [5.74, 6) is 0. The van der Waals surface area contributed by atoms with E-state index in [0.717, 1.165) is 19.7 Å². The van der Waals surface area contributed by atoms with Gasteiger partial charge in [-0.25, -0.2) is 0 Å². The third-order valence-electron chi connectivity index (χ3n) is 5.39. The molecule has 0 aromatic rings. The van der Waals surface area contributed by atoms with E-state index in [0.29, 0.717) is 30.9 Å². The fraction of sp³-hybridized carbons (Fsp3) is 1.00. The van der Waals surface area contributed by atoms with Gasteiger partial charge in [0.1, 0.15) is 6.23 Å². The van der Waals surface area contributed by atoms with Gasteiger partial charge in [-0.15, -0.1) is 0 Å². The van der Waals surface area contributed by atoms with E-state index in [1.165, 1.54) is 32.1 Å². The molecule has 4 rings (SSSR count). The van der Waals surface area contributed by atoms with Crippen LogP contribution in [0.25, 0.3) is 0 Å². The van der Waals surface area contributed by atoms with Gasteiger partial charge in [-0.2, -0.15) is 0 Å². The molecule has 0 aromatic heterocycles. The molecule has 5 unspecified atom stereocenters. The maximum absolute atomic E-state index is 5.85. The first-order valence-electron chi connectivity index (χ1n) is 8.62. The molecule has 0 spiro atoms. The van der Waals surface area contributed by atoms with Gasteiger partial charge in [-0.05, 0) is 19.3 Å². The van der Waals surface area contributed by atoms with Crippen LogP contribution in [0.2, 0.25) is 0 Å². The van der Waals surface area contributed by atoms with Crippen LogP contribution in [0.1, 0.15) is 38.5 Å². The summed E-state index contributed by atoms with van der Waals surface area (Å²) in [7, 11) is 0. The Morgan fingerprint density at radius 2 is 1.81 bits per heavy atom. The van der Waals surface area contributed by atoms with Crippen LogP contribution < -0.4 is 21.3 Å². The van der Waals surface area contributed by atoms with Crippen molar-refractivity contribution in [3.63, 3.8) is 0 Å². The lowest BCUT2D eigenvalue weighted by Gasteiger charge is -2.50. The van der Waals surface area contributed by atoms with Crippen molar-refractivity contribution in [3.8, 4) is 0 Å². The number of hydrogen-bond donors (Lipinski definition) is 4. The predicted molar refractivity (Wildman–Crippen MR) is 79.7 cm³/mol. The van der Waals surface area contributed by atoms with Gasteiger partial charge in [0.15, 0.2) is 0 Å². The first-order chi connectivity index (χ1) is 10.4. The first-order valence-corrected chi connectivity index (χ1v) is 8.62. The van der Waals surface area contributed by atoms with E-state index in [2.05, 4.69) is 21.3 Å². The minimum atomic E-state index is 0.0531. The zero-order valence-electron chi connectivity index (χ0n) is 12.6. The van der Waals surface area contributed by atoms with Gasteiger partial charge in [0.2, 0.25) is 0 Å². The monoisotopic (exact) mass is 296 g/mol. The number of hydrogen-bond acceptors (Lipinski definition) is 6. The molecule has 0 amide bonds. The smallest absolute Gasteiger partial charge is 0.135 e. The van der Waals surface area contributed by atoms with Crippen LogP contribution >= 0.6 is 0 Å². The molecular weight excluding hydrogens is 268 g/mol. The number of fused-ring (bicyclic) bond motifs is 2. The fourth-order valence-electron chi connectivity index (χ4n) is 4.27. The van der Waals surface area contributed by atoms with E-state index in [9.17, 15) is 0 Å².